The fourth-order valence-electron chi connectivity index (χ4n) is 1.41. The van der Waals surface area contributed by atoms with Crippen molar-refractivity contribution in [1.29, 1.82) is 0 Å². The second kappa shape index (κ2) is 11.7. The van der Waals surface area contributed by atoms with E-state index in [0.29, 0.717) is 26.7 Å². The van der Waals surface area contributed by atoms with Crippen molar-refractivity contribution < 1.29 is 28.5 Å². The van der Waals surface area contributed by atoms with E-state index in [2.05, 4.69) is 40.0 Å². The summed E-state index contributed by atoms with van der Waals surface area (Å²) in [7, 11) is 5.28. The van der Waals surface area contributed by atoms with Gasteiger partial charge >= 0.3 is 49.4 Å². The van der Waals surface area contributed by atoms with Crippen LogP contribution < -0.4 is 14.2 Å². The Morgan fingerprint density at radius 2 is 1.55 bits per heavy atom. The van der Waals surface area contributed by atoms with Gasteiger partial charge in [-0.3, -0.25) is 4.79 Å². The summed E-state index contributed by atoms with van der Waals surface area (Å²) in [4.78, 5) is 10.9. The molecule has 0 spiro atoms. The number of methoxy groups -OCH3 is 3. The van der Waals surface area contributed by atoms with E-state index in [1.807, 2.05) is 0 Å². The Labute approximate surface area is 148 Å². The van der Waals surface area contributed by atoms with Crippen LogP contribution in [0.3, 0.4) is 0 Å². The Kier molecular flexibility index (Phi) is 11.7. The van der Waals surface area contributed by atoms with Gasteiger partial charge in [0, 0.05) is 0 Å². The van der Waals surface area contributed by atoms with Gasteiger partial charge in [-0.05, 0) is 30.7 Å². The van der Waals surface area contributed by atoms with Crippen molar-refractivity contribution in [2.45, 2.75) is 6.92 Å². The predicted octanol–water partition coefficient (Wildman–Crippen LogP) is 4.08. The summed E-state index contributed by atoms with van der Waals surface area (Å²) >= 11 is 4.74. The maximum absolute atomic E-state index is 10.9. The number of carbonyl (C=O) groups excluding carboxylic acids is 1. The zero-order valence-electron chi connectivity index (χ0n) is 11.6. The molecule has 0 saturated heterocycles. The number of hydrogen-bond acceptors (Lipinski definition) is 4. The van der Waals surface area contributed by atoms with Crippen LogP contribution in [0.5, 0.6) is 17.2 Å². The summed E-state index contributed by atoms with van der Waals surface area (Å²) in [6.07, 6.45) is 3.19. The molecule has 0 amide bonds. The van der Waals surface area contributed by atoms with Gasteiger partial charge in [0.1, 0.15) is 0 Å². The summed E-state index contributed by atoms with van der Waals surface area (Å²) < 4.78 is 15.6. The van der Waals surface area contributed by atoms with Crippen LogP contribution in [-0.2, 0) is 14.3 Å². The molecule has 0 fully saturated rings. The van der Waals surface area contributed by atoms with Crippen LogP contribution in [0.1, 0.15) is 12.5 Å². The molecule has 20 heavy (non-hydrogen) atoms. The van der Waals surface area contributed by atoms with Gasteiger partial charge in [-0.2, -0.15) is 0 Å². The van der Waals surface area contributed by atoms with Gasteiger partial charge in [-0.15, -0.1) is 0 Å². The van der Waals surface area contributed by atoms with Gasteiger partial charge in [0.15, 0.2) is 17.3 Å². The minimum atomic E-state index is -0.0150. The third-order valence-corrected chi connectivity index (χ3v) is 2.20. The van der Waals surface area contributed by atoms with E-state index in [-0.39, 0.29) is 5.78 Å². The quantitative estimate of drug-likeness (QED) is 0.417. The van der Waals surface area contributed by atoms with Crippen LogP contribution in [0.15, 0.2) is 18.2 Å². The van der Waals surface area contributed by atoms with Crippen molar-refractivity contribution >= 4 is 51.8 Å². The number of benzene rings is 1. The molecule has 7 heteroatoms. The summed E-state index contributed by atoms with van der Waals surface area (Å²) in [5.41, 5.74) is 0.815. The number of ketones is 1. The number of carbonyl (C=O) groups is 1. The molecule has 0 unspecified atom stereocenters. The molecule has 0 atom stereocenters. The second-order valence-electron chi connectivity index (χ2n) is 3.47. The van der Waals surface area contributed by atoms with E-state index < -0.39 is 0 Å². The Hall–Kier alpha value is 0.0744. The standard InChI is InChI=1S/C13H16O4.2HI.V/c1-9(14)5-6-10-7-11(15-2)13(17-4)12(8-10)16-3;;;/h5-8H,1-4H3;2*1H;/q;;;+2/p-2/b6-5+;;;. The van der Waals surface area contributed by atoms with Gasteiger partial charge in [0.05, 0.1) is 21.3 Å². The Balaban J connectivity index is 0.00000110. The first-order valence-corrected chi connectivity index (χ1v) is 14.5. The summed E-state index contributed by atoms with van der Waals surface area (Å²) in [6, 6.07) is 3.56. The van der Waals surface area contributed by atoms with E-state index in [9.17, 15) is 4.79 Å². The third-order valence-electron chi connectivity index (χ3n) is 2.20. The van der Waals surface area contributed by atoms with Crippen LogP contribution in [-0.4, -0.2) is 27.1 Å². The van der Waals surface area contributed by atoms with Crippen molar-refractivity contribution in [2.24, 2.45) is 0 Å². The van der Waals surface area contributed by atoms with Gasteiger partial charge < -0.3 is 14.2 Å². The molecule has 0 heterocycles. The van der Waals surface area contributed by atoms with Crippen LogP contribution >= 0.6 is 40.0 Å². The molecule has 1 aromatic rings. The summed E-state index contributed by atoms with van der Waals surface area (Å²) in [6.45, 7) is 1.49. The molecular formula is C13H16I2O4V. The van der Waals surface area contributed by atoms with E-state index in [1.54, 1.807) is 39.5 Å². The maximum atomic E-state index is 10.9. The van der Waals surface area contributed by atoms with Crippen molar-refractivity contribution in [3.63, 3.8) is 0 Å². The average molecular weight is 541 g/mol. The number of hydrogen-bond donors (Lipinski definition) is 0. The van der Waals surface area contributed by atoms with Crippen molar-refractivity contribution in [2.75, 3.05) is 21.3 Å². The van der Waals surface area contributed by atoms with Crippen LogP contribution in [0.4, 0.5) is 0 Å². The van der Waals surface area contributed by atoms with Gasteiger partial charge in [0.25, 0.3) is 0 Å². The molecule has 0 aliphatic heterocycles. The summed E-state index contributed by atoms with van der Waals surface area (Å²) in [5.74, 6) is 1.65. The number of halogens is 2. The monoisotopic (exact) mass is 541 g/mol. The number of rotatable bonds is 5. The zero-order chi connectivity index (χ0) is 15.5. The normalized spacial score (nSPS) is 9.50. The first-order chi connectivity index (χ1) is 9.53. The second-order valence-corrected chi connectivity index (χ2v) is 15.3. The number of ether oxygens (including phenoxy) is 3. The van der Waals surface area contributed by atoms with Gasteiger partial charge in [-0.25, -0.2) is 0 Å². The SMILES string of the molecule is COc1cc(/C=C/C(C)=O)cc(OC)c1OC.[I][V][I]. The van der Waals surface area contributed by atoms with Gasteiger partial charge in [0.2, 0.25) is 5.75 Å². The first kappa shape index (κ1) is 20.1. The molecular weight excluding hydrogens is 525 g/mol. The first-order valence-electron chi connectivity index (χ1n) is 5.44. The molecule has 0 N–H and O–H groups in total. The fourth-order valence-corrected chi connectivity index (χ4v) is 1.41. The molecule has 1 aromatic carbocycles. The van der Waals surface area contributed by atoms with Crippen LogP contribution in [0.25, 0.3) is 6.08 Å². The van der Waals surface area contributed by atoms with E-state index in [4.69, 9.17) is 14.2 Å². The summed E-state index contributed by atoms with van der Waals surface area (Å²) in [5, 5.41) is 0. The Bertz CT molecular complexity index is 439. The van der Waals surface area contributed by atoms with E-state index >= 15 is 0 Å². The van der Waals surface area contributed by atoms with Crippen LogP contribution in [0, 0.1) is 0 Å². The molecule has 0 radical (unpaired) electrons. The van der Waals surface area contributed by atoms with Crippen molar-refractivity contribution in [3.8, 4) is 17.2 Å². The van der Waals surface area contributed by atoms with Gasteiger partial charge in [-0.1, -0.05) is 6.08 Å². The van der Waals surface area contributed by atoms with Crippen molar-refractivity contribution in [3.05, 3.63) is 23.8 Å². The fraction of sp³-hybridized carbons (Fsp3) is 0.308. The third kappa shape index (κ3) is 7.19. The topological polar surface area (TPSA) is 44.8 Å². The molecule has 0 aliphatic carbocycles. The van der Waals surface area contributed by atoms with Crippen LogP contribution in [0.2, 0.25) is 0 Å². The Morgan fingerprint density at radius 1 is 1.10 bits per heavy atom. The Morgan fingerprint density at radius 3 is 1.85 bits per heavy atom. The average Bonchev–Trinajstić information content (AvgIpc) is 2.44. The molecule has 0 aromatic heterocycles. The predicted molar refractivity (Wildman–Crippen MR) is 93.9 cm³/mol. The molecule has 1 rings (SSSR count). The molecule has 0 bridgehead atoms. The molecule has 0 saturated carbocycles. The zero-order valence-corrected chi connectivity index (χ0v) is 17.4. The molecule has 0 aliphatic rings. The minimum absolute atomic E-state index is 0.0150. The molecule has 4 nitrogen and oxygen atoms in total. The van der Waals surface area contributed by atoms with E-state index in [1.165, 1.54) is 13.0 Å². The molecule has 111 valence electrons. The number of allylic oxidation sites excluding steroid dienone is 1. The van der Waals surface area contributed by atoms with E-state index in [0.717, 1.165) is 5.56 Å². The van der Waals surface area contributed by atoms with Crippen molar-refractivity contribution in [1.82, 2.24) is 0 Å².